The predicted octanol–water partition coefficient (Wildman–Crippen LogP) is 3.86. The fourth-order valence-corrected chi connectivity index (χ4v) is 2.98. The zero-order chi connectivity index (χ0) is 13.1. The Morgan fingerprint density at radius 1 is 1.37 bits per heavy atom. The fraction of sp³-hybridized carbons (Fsp3) is 0.438. The first-order valence-corrected chi connectivity index (χ1v) is 7.20. The van der Waals surface area contributed by atoms with Crippen LogP contribution in [0, 0.1) is 5.92 Å². The lowest BCUT2D eigenvalue weighted by molar-refractivity contribution is 0.525. The van der Waals surface area contributed by atoms with Crippen LogP contribution in [0.3, 0.4) is 0 Å². The molecule has 3 heteroatoms. The maximum Gasteiger partial charge on any atom is 0.0991 e. The minimum Gasteiger partial charge on any atom is -0.382 e. The van der Waals surface area contributed by atoms with Gasteiger partial charge in [0.25, 0.3) is 0 Å². The van der Waals surface area contributed by atoms with E-state index >= 15 is 0 Å². The van der Waals surface area contributed by atoms with Crippen LogP contribution < -0.4 is 5.32 Å². The van der Waals surface area contributed by atoms with Crippen LogP contribution in [-0.4, -0.2) is 15.6 Å². The van der Waals surface area contributed by atoms with Gasteiger partial charge in [0.05, 0.1) is 6.33 Å². The molecule has 1 aromatic heterocycles. The molecule has 2 atom stereocenters. The summed E-state index contributed by atoms with van der Waals surface area (Å²) in [5.74, 6) is 0.911. The normalized spacial score (nSPS) is 22.6. The average Bonchev–Trinajstić information content (AvgIpc) is 3.10. The van der Waals surface area contributed by atoms with Gasteiger partial charge in [-0.25, -0.2) is 4.98 Å². The summed E-state index contributed by atoms with van der Waals surface area (Å²) >= 11 is 0. The van der Waals surface area contributed by atoms with Gasteiger partial charge in [-0.05, 0) is 43.4 Å². The summed E-state index contributed by atoms with van der Waals surface area (Å²) in [6.07, 6.45) is 10.9. The lowest BCUT2D eigenvalue weighted by Crippen LogP contribution is -2.15. The van der Waals surface area contributed by atoms with E-state index in [1.807, 2.05) is 23.3 Å². The molecule has 3 rings (SSSR count). The Balaban J connectivity index is 1.70. The maximum absolute atomic E-state index is 4.10. The predicted molar refractivity (Wildman–Crippen MR) is 78.6 cm³/mol. The van der Waals surface area contributed by atoms with Gasteiger partial charge in [0.1, 0.15) is 0 Å². The van der Waals surface area contributed by atoms with Crippen molar-refractivity contribution in [2.75, 3.05) is 5.32 Å². The minimum absolute atomic E-state index is 0.642. The van der Waals surface area contributed by atoms with E-state index in [1.165, 1.54) is 31.4 Å². The Kier molecular flexibility index (Phi) is 3.53. The molecule has 1 N–H and O–H groups in total. The number of hydrogen-bond donors (Lipinski definition) is 1. The highest BCUT2D eigenvalue weighted by Crippen LogP contribution is 2.30. The first-order chi connectivity index (χ1) is 9.35. The van der Waals surface area contributed by atoms with E-state index in [2.05, 4.69) is 41.5 Å². The Labute approximate surface area is 114 Å². The quantitative estimate of drug-likeness (QED) is 0.899. The number of aromatic nitrogens is 2. The summed E-state index contributed by atoms with van der Waals surface area (Å²) in [6, 6.07) is 9.20. The van der Waals surface area contributed by atoms with Crippen molar-refractivity contribution in [1.29, 1.82) is 0 Å². The highest BCUT2D eigenvalue weighted by molar-refractivity contribution is 5.51. The summed E-state index contributed by atoms with van der Waals surface area (Å²) in [7, 11) is 0. The van der Waals surface area contributed by atoms with Crippen LogP contribution in [0.5, 0.6) is 0 Å². The summed E-state index contributed by atoms with van der Waals surface area (Å²) in [6.45, 7) is 2.30. The second-order valence-corrected chi connectivity index (χ2v) is 5.45. The lowest BCUT2D eigenvalue weighted by Gasteiger charge is -2.15. The van der Waals surface area contributed by atoms with Gasteiger partial charge in [0, 0.05) is 29.8 Å². The average molecular weight is 255 g/mol. The molecule has 0 amide bonds. The van der Waals surface area contributed by atoms with Gasteiger partial charge >= 0.3 is 0 Å². The number of nitrogens with zero attached hydrogens (tertiary/aromatic N) is 2. The van der Waals surface area contributed by atoms with E-state index in [-0.39, 0.29) is 0 Å². The van der Waals surface area contributed by atoms with Gasteiger partial charge in [-0.2, -0.15) is 0 Å². The maximum atomic E-state index is 4.10. The molecule has 1 heterocycles. The topological polar surface area (TPSA) is 29.9 Å². The van der Waals surface area contributed by atoms with Crippen molar-refractivity contribution in [3.05, 3.63) is 43.0 Å². The standard InChI is InChI=1S/C16H21N3/c1-2-13-6-7-15(10-13)18-14-4-3-5-16(11-14)19-9-8-17-12-19/h3-5,8-9,11-13,15,18H,2,6-7,10H2,1H3. The van der Waals surface area contributed by atoms with Crippen LogP contribution in [0.15, 0.2) is 43.0 Å². The zero-order valence-corrected chi connectivity index (χ0v) is 11.4. The highest BCUT2D eigenvalue weighted by atomic mass is 15.0. The van der Waals surface area contributed by atoms with Crippen LogP contribution in [0.2, 0.25) is 0 Å². The lowest BCUT2D eigenvalue weighted by atomic mass is 10.1. The number of imidazole rings is 1. The van der Waals surface area contributed by atoms with E-state index in [4.69, 9.17) is 0 Å². The Hall–Kier alpha value is -1.77. The Morgan fingerprint density at radius 3 is 3.05 bits per heavy atom. The molecule has 3 nitrogen and oxygen atoms in total. The first-order valence-electron chi connectivity index (χ1n) is 7.20. The van der Waals surface area contributed by atoms with Crippen molar-refractivity contribution >= 4 is 5.69 Å². The largest absolute Gasteiger partial charge is 0.382 e. The molecule has 0 bridgehead atoms. The fourth-order valence-electron chi connectivity index (χ4n) is 2.98. The highest BCUT2D eigenvalue weighted by Gasteiger charge is 2.22. The van der Waals surface area contributed by atoms with Gasteiger partial charge in [-0.1, -0.05) is 19.4 Å². The van der Waals surface area contributed by atoms with Crippen LogP contribution in [-0.2, 0) is 0 Å². The van der Waals surface area contributed by atoms with Crippen LogP contribution in [0.25, 0.3) is 5.69 Å². The van der Waals surface area contributed by atoms with Crippen LogP contribution in [0.1, 0.15) is 32.6 Å². The van der Waals surface area contributed by atoms with Crippen LogP contribution in [0.4, 0.5) is 5.69 Å². The molecule has 0 radical (unpaired) electrons. The van der Waals surface area contributed by atoms with Gasteiger partial charge in [0.2, 0.25) is 0 Å². The Morgan fingerprint density at radius 2 is 2.32 bits per heavy atom. The van der Waals surface area contributed by atoms with Gasteiger partial charge in [0.15, 0.2) is 0 Å². The number of anilines is 1. The van der Waals surface area contributed by atoms with E-state index < -0.39 is 0 Å². The third kappa shape index (κ3) is 2.80. The van der Waals surface area contributed by atoms with Gasteiger partial charge in [-0.3, -0.25) is 0 Å². The molecule has 0 saturated heterocycles. The molecular weight excluding hydrogens is 234 g/mol. The van der Waals surface area contributed by atoms with Crippen molar-refractivity contribution in [2.24, 2.45) is 5.92 Å². The third-order valence-electron chi connectivity index (χ3n) is 4.14. The molecule has 1 fully saturated rings. The smallest absolute Gasteiger partial charge is 0.0991 e. The molecule has 2 unspecified atom stereocenters. The zero-order valence-electron chi connectivity index (χ0n) is 11.4. The second kappa shape index (κ2) is 5.47. The molecule has 0 aliphatic heterocycles. The summed E-state index contributed by atoms with van der Waals surface area (Å²) in [5.41, 5.74) is 2.38. The number of rotatable bonds is 4. The van der Waals surface area contributed by atoms with Crippen molar-refractivity contribution in [2.45, 2.75) is 38.6 Å². The van der Waals surface area contributed by atoms with E-state index in [1.54, 1.807) is 0 Å². The minimum atomic E-state index is 0.642. The third-order valence-corrected chi connectivity index (χ3v) is 4.14. The molecule has 100 valence electrons. The van der Waals surface area contributed by atoms with Crippen molar-refractivity contribution < 1.29 is 0 Å². The van der Waals surface area contributed by atoms with Crippen molar-refractivity contribution in [3.8, 4) is 5.69 Å². The molecule has 0 spiro atoms. The van der Waals surface area contributed by atoms with E-state index in [9.17, 15) is 0 Å². The number of nitrogens with one attached hydrogen (secondary N) is 1. The van der Waals surface area contributed by atoms with Crippen LogP contribution >= 0.6 is 0 Å². The van der Waals surface area contributed by atoms with Gasteiger partial charge < -0.3 is 9.88 Å². The summed E-state index contributed by atoms with van der Waals surface area (Å²) in [4.78, 5) is 4.10. The molecular formula is C16H21N3. The molecule has 1 aliphatic carbocycles. The second-order valence-electron chi connectivity index (χ2n) is 5.45. The molecule has 1 aromatic carbocycles. The van der Waals surface area contributed by atoms with E-state index in [0.717, 1.165) is 11.6 Å². The summed E-state index contributed by atoms with van der Waals surface area (Å²) < 4.78 is 2.04. The molecule has 19 heavy (non-hydrogen) atoms. The van der Waals surface area contributed by atoms with E-state index in [0.29, 0.717) is 6.04 Å². The monoisotopic (exact) mass is 255 g/mol. The number of hydrogen-bond acceptors (Lipinski definition) is 2. The molecule has 2 aromatic rings. The SMILES string of the molecule is CCC1CCC(Nc2cccc(-n3ccnc3)c2)C1. The van der Waals surface area contributed by atoms with Crippen molar-refractivity contribution in [1.82, 2.24) is 9.55 Å². The van der Waals surface area contributed by atoms with Gasteiger partial charge in [-0.15, -0.1) is 0 Å². The Bertz CT molecular complexity index is 519. The summed E-state index contributed by atoms with van der Waals surface area (Å²) in [5, 5.41) is 3.67. The van der Waals surface area contributed by atoms with Crippen molar-refractivity contribution in [3.63, 3.8) is 0 Å². The molecule has 1 saturated carbocycles. The number of benzene rings is 1. The first kappa shape index (κ1) is 12.3. The molecule has 1 aliphatic rings.